The highest BCUT2D eigenvalue weighted by Crippen LogP contribution is 2.40. The highest BCUT2D eigenvalue weighted by atomic mass is 19.1. The van der Waals surface area contributed by atoms with Crippen LogP contribution >= 0.6 is 0 Å². The van der Waals surface area contributed by atoms with E-state index in [0.29, 0.717) is 46.4 Å². The molecule has 1 aliphatic carbocycles. The summed E-state index contributed by atoms with van der Waals surface area (Å²) in [6, 6.07) is 18.6. The van der Waals surface area contributed by atoms with Crippen LogP contribution in [0.1, 0.15) is 45.1 Å². The first-order valence-corrected chi connectivity index (χ1v) is 15.5. The van der Waals surface area contributed by atoms with Gasteiger partial charge in [-0.15, -0.1) is 0 Å². The van der Waals surface area contributed by atoms with E-state index in [1.165, 1.54) is 18.9 Å². The van der Waals surface area contributed by atoms with E-state index < -0.39 is 0 Å². The van der Waals surface area contributed by atoms with Crippen molar-refractivity contribution >= 4 is 10.9 Å². The first kappa shape index (κ1) is 28.6. The second-order valence-corrected chi connectivity index (χ2v) is 12.7. The van der Waals surface area contributed by atoms with Gasteiger partial charge in [0.15, 0.2) is 0 Å². The Morgan fingerprint density at radius 1 is 1.05 bits per heavy atom. The topological polar surface area (TPSA) is 47.4 Å². The Bertz CT molecular complexity index is 1650. The lowest BCUT2D eigenvalue weighted by molar-refractivity contribution is 0.0738. The van der Waals surface area contributed by atoms with Crippen LogP contribution in [0.25, 0.3) is 33.4 Å². The Morgan fingerprint density at radius 2 is 1.83 bits per heavy atom. The molecule has 4 atom stereocenters. The molecule has 2 heterocycles. The van der Waals surface area contributed by atoms with Gasteiger partial charge in [-0.05, 0) is 103 Å². The number of methoxy groups -OCH3 is 1. The molecule has 42 heavy (non-hydrogen) atoms. The predicted molar refractivity (Wildman–Crippen MR) is 168 cm³/mol. The minimum absolute atomic E-state index is 0.0656. The molecule has 1 aromatic heterocycles. The van der Waals surface area contributed by atoms with Gasteiger partial charge < -0.3 is 9.64 Å². The van der Waals surface area contributed by atoms with Crippen molar-refractivity contribution in [3.05, 3.63) is 82.4 Å². The average molecular weight is 568 g/mol. The molecule has 0 N–H and O–H groups in total. The first-order chi connectivity index (χ1) is 20.3. The molecule has 0 bridgehead atoms. The molecule has 1 aliphatic heterocycles. The lowest BCUT2D eigenvalue weighted by atomic mass is 9.68. The number of piperidine rings is 1. The normalized spacial score (nSPS) is 21.7. The number of benzene rings is 3. The van der Waals surface area contributed by atoms with Crippen LogP contribution in [0.5, 0.6) is 5.75 Å². The summed E-state index contributed by atoms with van der Waals surface area (Å²) in [6.07, 6.45) is 4.95. The van der Waals surface area contributed by atoms with E-state index >= 15 is 0 Å². The fraction of sp³-hybridized carbons (Fsp3) is 0.444. The highest BCUT2D eigenvalue weighted by Gasteiger charge is 2.33. The van der Waals surface area contributed by atoms with Gasteiger partial charge in [-0.2, -0.15) is 0 Å². The van der Waals surface area contributed by atoms with Gasteiger partial charge in [-0.3, -0.25) is 9.36 Å². The molecular weight excluding hydrogens is 525 g/mol. The third-order valence-electron chi connectivity index (χ3n) is 9.81. The lowest BCUT2D eigenvalue weighted by Crippen LogP contribution is -2.43. The molecule has 0 radical (unpaired) electrons. The van der Waals surface area contributed by atoms with Crippen molar-refractivity contribution in [2.75, 3.05) is 26.7 Å². The number of hydrogen-bond donors (Lipinski definition) is 0. The van der Waals surface area contributed by atoms with Gasteiger partial charge in [-0.1, -0.05) is 50.6 Å². The number of hydrogen-bond acceptors (Lipinski definition) is 4. The van der Waals surface area contributed by atoms with Crippen LogP contribution in [0.2, 0.25) is 0 Å². The Kier molecular flexibility index (Phi) is 8.17. The van der Waals surface area contributed by atoms with Crippen molar-refractivity contribution in [3.63, 3.8) is 0 Å². The largest absolute Gasteiger partial charge is 0.496 e. The Balaban J connectivity index is 1.37. The number of halogens is 1. The summed E-state index contributed by atoms with van der Waals surface area (Å²) in [5.74, 6) is 3.80. The zero-order chi connectivity index (χ0) is 29.4. The number of aromatic nitrogens is 2. The van der Waals surface area contributed by atoms with E-state index in [0.717, 1.165) is 61.0 Å². The second kappa shape index (κ2) is 12.0. The Morgan fingerprint density at radius 3 is 2.57 bits per heavy atom. The van der Waals surface area contributed by atoms with E-state index in [1.807, 2.05) is 53.1 Å². The van der Waals surface area contributed by atoms with E-state index in [1.54, 1.807) is 20.1 Å². The third-order valence-corrected chi connectivity index (χ3v) is 9.81. The van der Waals surface area contributed by atoms with Gasteiger partial charge in [0.1, 0.15) is 17.4 Å². The Labute approximate surface area is 248 Å². The first-order valence-electron chi connectivity index (χ1n) is 15.5. The van der Waals surface area contributed by atoms with Gasteiger partial charge in [0.2, 0.25) is 0 Å². The molecule has 220 valence electrons. The molecule has 1 saturated heterocycles. The van der Waals surface area contributed by atoms with Gasteiger partial charge in [0, 0.05) is 19.6 Å². The fourth-order valence-electron chi connectivity index (χ4n) is 7.18. The van der Waals surface area contributed by atoms with Crippen molar-refractivity contribution in [2.45, 2.75) is 53.0 Å². The molecule has 1 saturated carbocycles. The van der Waals surface area contributed by atoms with Crippen molar-refractivity contribution in [1.82, 2.24) is 14.5 Å². The zero-order valence-electron chi connectivity index (χ0n) is 25.3. The molecule has 2 fully saturated rings. The molecule has 4 unspecified atom stereocenters. The highest BCUT2D eigenvalue weighted by molar-refractivity contribution is 5.85. The van der Waals surface area contributed by atoms with Crippen molar-refractivity contribution in [3.8, 4) is 28.3 Å². The average Bonchev–Trinajstić information content (AvgIpc) is 2.99. The third kappa shape index (κ3) is 5.61. The van der Waals surface area contributed by atoms with Crippen LogP contribution in [-0.4, -0.2) is 41.2 Å². The summed E-state index contributed by atoms with van der Waals surface area (Å²) in [5, 5.41) is 0.549. The van der Waals surface area contributed by atoms with Crippen molar-refractivity contribution < 1.29 is 9.13 Å². The number of fused-ring (bicyclic) bond motifs is 1. The maximum absolute atomic E-state index is 14.4. The number of rotatable bonds is 8. The van der Waals surface area contributed by atoms with E-state index in [9.17, 15) is 9.18 Å². The molecule has 0 amide bonds. The summed E-state index contributed by atoms with van der Waals surface area (Å²) in [5.41, 5.74) is 3.52. The van der Waals surface area contributed by atoms with Crippen LogP contribution in [0, 0.1) is 36.4 Å². The van der Waals surface area contributed by atoms with E-state index in [-0.39, 0.29) is 11.4 Å². The molecule has 5 nitrogen and oxygen atoms in total. The SMILES string of the molecule is COc1ccccc1-c1nc2ccc(-c3ccc(C)c(F)c3)cc2c(=O)n1CC1CCCN(CC(C)C2CCC2C)C1. The van der Waals surface area contributed by atoms with Crippen molar-refractivity contribution in [2.24, 2.45) is 23.7 Å². The molecule has 2 aliphatic rings. The molecule has 6 rings (SSSR count). The number of nitrogens with zero attached hydrogens (tertiary/aromatic N) is 3. The maximum atomic E-state index is 14.4. The number of likely N-dealkylation sites (tertiary alicyclic amines) is 1. The van der Waals surface area contributed by atoms with Gasteiger partial charge in [0.25, 0.3) is 5.56 Å². The molecule has 3 aromatic carbocycles. The van der Waals surface area contributed by atoms with Crippen molar-refractivity contribution in [1.29, 1.82) is 0 Å². The molecule has 0 spiro atoms. The van der Waals surface area contributed by atoms with Crippen LogP contribution in [-0.2, 0) is 6.54 Å². The fourth-order valence-corrected chi connectivity index (χ4v) is 7.18. The predicted octanol–water partition coefficient (Wildman–Crippen LogP) is 7.58. The smallest absolute Gasteiger partial charge is 0.261 e. The number of ether oxygens (including phenoxy) is 1. The van der Waals surface area contributed by atoms with Gasteiger partial charge in [0.05, 0.1) is 23.6 Å². The standard InChI is InChI=1S/C36H42FN3O2/c1-23-12-15-29(23)25(3)20-39-17-7-8-26(21-39)22-40-35(30-9-5-6-10-34(30)42-4)38-33-16-14-27(18-31(33)36(40)41)28-13-11-24(2)32(37)19-28/h5-6,9-11,13-14,16,18-19,23,25-26,29H,7-8,12,15,17,20-22H2,1-4H3. The van der Waals surface area contributed by atoms with Crippen LogP contribution in [0.15, 0.2) is 65.5 Å². The van der Waals surface area contributed by atoms with Crippen LogP contribution in [0.3, 0.4) is 0 Å². The number of aryl methyl sites for hydroxylation is 1. The van der Waals surface area contributed by atoms with Gasteiger partial charge >= 0.3 is 0 Å². The minimum atomic E-state index is -0.252. The molecular formula is C36H42FN3O2. The molecule has 6 heteroatoms. The summed E-state index contributed by atoms with van der Waals surface area (Å²) < 4.78 is 22.0. The minimum Gasteiger partial charge on any atom is -0.496 e. The van der Waals surface area contributed by atoms with E-state index in [2.05, 4.69) is 18.7 Å². The second-order valence-electron chi connectivity index (χ2n) is 12.7. The maximum Gasteiger partial charge on any atom is 0.261 e. The summed E-state index contributed by atoms with van der Waals surface area (Å²) in [7, 11) is 1.65. The van der Waals surface area contributed by atoms with E-state index in [4.69, 9.17) is 9.72 Å². The Hall–Kier alpha value is -3.51. The monoisotopic (exact) mass is 567 g/mol. The summed E-state index contributed by atoms with van der Waals surface area (Å²) in [6.45, 7) is 10.4. The lowest BCUT2D eigenvalue weighted by Gasteiger charge is -2.42. The zero-order valence-corrected chi connectivity index (χ0v) is 25.3. The molecule has 4 aromatic rings. The van der Waals surface area contributed by atoms with Crippen LogP contribution < -0.4 is 10.3 Å². The number of para-hydroxylation sites is 1. The quantitative estimate of drug-likeness (QED) is 0.220. The van der Waals surface area contributed by atoms with Crippen LogP contribution in [0.4, 0.5) is 4.39 Å². The summed E-state index contributed by atoms with van der Waals surface area (Å²) in [4.78, 5) is 22.0. The summed E-state index contributed by atoms with van der Waals surface area (Å²) >= 11 is 0. The van der Waals surface area contributed by atoms with Gasteiger partial charge in [-0.25, -0.2) is 9.37 Å².